The number of nitrogens with zero attached hydrogens (tertiary/aromatic N) is 1. The Morgan fingerprint density at radius 2 is 1.95 bits per heavy atom. The first kappa shape index (κ1) is 16.1. The Hall–Kier alpha value is -1.91. The van der Waals surface area contributed by atoms with Crippen molar-refractivity contribution in [1.29, 1.82) is 0 Å². The van der Waals surface area contributed by atoms with Crippen molar-refractivity contribution >= 4 is 11.6 Å². The third-order valence-corrected chi connectivity index (χ3v) is 3.23. The van der Waals surface area contributed by atoms with Crippen molar-refractivity contribution in [3.8, 4) is 0 Å². The Labute approximate surface area is 119 Å². The topological polar surface area (TPSA) is 72.2 Å². The summed E-state index contributed by atoms with van der Waals surface area (Å²) in [5.41, 5.74) is 0.891. The number of nitro groups is 1. The molecule has 5 heteroatoms. The molecule has 0 atom stereocenters. The van der Waals surface area contributed by atoms with Crippen molar-refractivity contribution in [2.45, 2.75) is 46.0 Å². The van der Waals surface area contributed by atoms with E-state index in [-0.39, 0.29) is 11.6 Å². The Kier molecular flexibility index (Phi) is 6.70. The van der Waals surface area contributed by atoms with E-state index in [9.17, 15) is 14.9 Å². The average molecular weight is 278 g/mol. The molecular weight excluding hydrogens is 256 g/mol. The molecule has 0 heterocycles. The highest BCUT2D eigenvalue weighted by molar-refractivity contribution is 5.94. The van der Waals surface area contributed by atoms with Crippen LogP contribution in [-0.2, 0) is 0 Å². The first-order valence-corrected chi connectivity index (χ1v) is 7.09. The maximum absolute atomic E-state index is 11.9. The van der Waals surface area contributed by atoms with Gasteiger partial charge in [0.05, 0.1) is 4.92 Å². The van der Waals surface area contributed by atoms with Gasteiger partial charge in [-0.05, 0) is 19.4 Å². The molecule has 0 aliphatic carbocycles. The number of nitro benzene ring substituents is 1. The van der Waals surface area contributed by atoms with Gasteiger partial charge in [-0.3, -0.25) is 14.9 Å². The number of carbonyl (C=O) groups excluding carboxylic acids is 1. The normalized spacial score (nSPS) is 10.3. The zero-order valence-corrected chi connectivity index (χ0v) is 12.1. The molecule has 0 aliphatic heterocycles. The van der Waals surface area contributed by atoms with Crippen molar-refractivity contribution in [1.82, 2.24) is 5.32 Å². The summed E-state index contributed by atoms with van der Waals surface area (Å²) in [6, 6.07) is 4.56. The van der Waals surface area contributed by atoms with Gasteiger partial charge in [0.15, 0.2) is 0 Å². The largest absolute Gasteiger partial charge is 0.352 e. The van der Waals surface area contributed by atoms with E-state index in [0.717, 1.165) is 12.8 Å². The van der Waals surface area contributed by atoms with E-state index in [2.05, 4.69) is 12.2 Å². The lowest BCUT2D eigenvalue weighted by molar-refractivity contribution is -0.385. The number of amides is 1. The van der Waals surface area contributed by atoms with Crippen LogP contribution in [0.25, 0.3) is 0 Å². The number of nitrogens with one attached hydrogen (secondary N) is 1. The van der Waals surface area contributed by atoms with Crippen LogP contribution in [0, 0.1) is 17.0 Å². The molecule has 5 nitrogen and oxygen atoms in total. The van der Waals surface area contributed by atoms with Crippen LogP contribution in [0.1, 0.15) is 54.9 Å². The maximum Gasteiger partial charge on any atom is 0.273 e. The molecule has 0 aliphatic rings. The van der Waals surface area contributed by atoms with Gasteiger partial charge in [0.2, 0.25) is 0 Å². The van der Waals surface area contributed by atoms with Gasteiger partial charge in [-0.2, -0.15) is 0 Å². The molecule has 0 saturated heterocycles. The minimum atomic E-state index is -0.461. The lowest BCUT2D eigenvalue weighted by Crippen LogP contribution is -2.24. The summed E-state index contributed by atoms with van der Waals surface area (Å²) in [4.78, 5) is 22.3. The highest BCUT2D eigenvalue weighted by Gasteiger charge is 2.14. The molecule has 1 aromatic rings. The molecule has 110 valence electrons. The summed E-state index contributed by atoms with van der Waals surface area (Å²) in [5.74, 6) is -0.247. The van der Waals surface area contributed by atoms with Crippen molar-refractivity contribution in [2.75, 3.05) is 6.54 Å². The van der Waals surface area contributed by atoms with Crippen LogP contribution in [0.5, 0.6) is 0 Å². The van der Waals surface area contributed by atoms with Gasteiger partial charge in [-0.25, -0.2) is 0 Å². The minimum Gasteiger partial charge on any atom is -0.352 e. The Balaban J connectivity index is 2.47. The van der Waals surface area contributed by atoms with E-state index in [1.807, 2.05) is 0 Å². The first-order valence-electron chi connectivity index (χ1n) is 7.09. The molecule has 1 aromatic carbocycles. The summed E-state index contributed by atoms with van der Waals surface area (Å²) in [6.45, 7) is 4.43. The van der Waals surface area contributed by atoms with E-state index in [4.69, 9.17) is 0 Å². The second-order valence-corrected chi connectivity index (χ2v) is 4.93. The lowest BCUT2D eigenvalue weighted by atomic mass is 10.1. The highest BCUT2D eigenvalue weighted by atomic mass is 16.6. The van der Waals surface area contributed by atoms with E-state index in [0.29, 0.717) is 17.7 Å². The molecule has 0 unspecified atom stereocenters. The second kappa shape index (κ2) is 8.30. The third-order valence-electron chi connectivity index (χ3n) is 3.23. The number of hydrogen-bond donors (Lipinski definition) is 1. The molecule has 0 bridgehead atoms. The quantitative estimate of drug-likeness (QED) is 0.448. The van der Waals surface area contributed by atoms with Gasteiger partial charge in [0, 0.05) is 23.7 Å². The molecule has 20 heavy (non-hydrogen) atoms. The molecule has 0 spiro atoms. The maximum atomic E-state index is 11.9. The molecule has 0 fully saturated rings. The molecule has 0 saturated carbocycles. The monoisotopic (exact) mass is 278 g/mol. The molecule has 1 rings (SSSR count). The standard InChI is InChI=1S/C15H22N2O3/c1-3-4-5-6-7-10-16-15(18)13-9-8-12(2)14(11-13)17(19)20/h8-9,11H,3-7,10H2,1-2H3,(H,16,18). The average Bonchev–Trinajstić information content (AvgIpc) is 2.42. The van der Waals surface area contributed by atoms with Crippen LogP contribution in [0.4, 0.5) is 5.69 Å². The van der Waals surface area contributed by atoms with Gasteiger partial charge in [0.1, 0.15) is 0 Å². The Morgan fingerprint density at radius 3 is 2.60 bits per heavy atom. The predicted molar refractivity (Wildman–Crippen MR) is 78.9 cm³/mol. The van der Waals surface area contributed by atoms with Crippen molar-refractivity contribution in [3.05, 3.63) is 39.4 Å². The summed E-state index contributed by atoms with van der Waals surface area (Å²) >= 11 is 0. The SMILES string of the molecule is CCCCCCCNC(=O)c1ccc(C)c([N+](=O)[O-])c1. The Morgan fingerprint density at radius 1 is 1.25 bits per heavy atom. The van der Waals surface area contributed by atoms with Gasteiger partial charge in [-0.15, -0.1) is 0 Å². The summed E-state index contributed by atoms with van der Waals surface area (Å²) in [6.07, 6.45) is 5.64. The van der Waals surface area contributed by atoms with Crippen LogP contribution in [-0.4, -0.2) is 17.4 Å². The molecular formula is C15H22N2O3. The number of rotatable bonds is 8. The van der Waals surface area contributed by atoms with Crippen LogP contribution >= 0.6 is 0 Å². The van der Waals surface area contributed by atoms with Gasteiger partial charge < -0.3 is 5.32 Å². The second-order valence-electron chi connectivity index (χ2n) is 4.93. The lowest BCUT2D eigenvalue weighted by Gasteiger charge is -2.06. The van der Waals surface area contributed by atoms with E-state index < -0.39 is 4.92 Å². The van der Waals surface area contributed by atoms with E-state index >= 15 is 0 Å². The molecule has 1 N–H and O–H groups in total. The minimum absolute atomic E-state index is 0.0133. The zero-order chi connectivity index (χ0) is 15.0. The van der Waals surface area contributed by atoms with Crippen LogP contribution in [0.3, 0.4) is 0 Å². The number of aryl methyl sites for hydroxylation is 1. The van der Waals surface area contributed by atoms with E-state index in [1.54, 1.807) is 19.1 Å². The fourth-order valence-electron chi connectivity index (χ4n) is 1.98. The van der Waals surface area contributed by atoms with E-state index in [1.165, 1.54) is 25.3 Å². The van der Waals surface area contributed by atoms with Gasteiger partial charge in [-0.1, -0.05) is 38.7 Å². The molecule has 0 aromatic heterocycles. The van der Waals surface area contributed by atoms with Gasteiger partial charge >= 0.3 is 0 Å². The van der Waals surface area contributed by atoms with Crippen molar-refractivity contribution in [2.24, 2.45) is 0 Å². The number of hydrogen-bond acceptors (Lipinski definition) is 3. The fraction of sp³-hybridized carbons (Fsp3) is 0.533. The fourth-order valence-corrected chi connectivity index (χ4v) is 1.98. The van der Waals surface area contributed by atoms with Gasteiger partial charge in [0.25, 0.3) is 11.6 Å². The van der Waals surface area contributed by atoms with Crippen LogP contribution in [0.15, 0.2) is 18.2 Å². The number of carbonyl (C=O) groups is 1. The molecule has 1 amide bonds. The molecule has 0 radical (unpaired) electrons. The Bertz CT molecular complexity index is 472. The third kappa shape index (κ3) is 4.99. The highest BCUT2D eigenvalue weighted by Crippen LogP contribution is 2.19. The van der Waals surface area contributed by atoms with Crippen LogP contribution < -0.4 is 5.32 Å². The number of unbranched alkanes of at least 4 members (excludes halogenated alkanes) is 4. The predicted octanol–water partition coefficient (Wildman–Crippen LogP) is 3.60. The summed E-state index contributed by atoms with van der Waals surface area (Å²) in [7, 11) is 0. The summed E-state index contributed by atoms with van der Waals surface area (Å²) in [5, 5.41) is 13.6. The summed E-state index contributed by atoms with van der Waals surface area (Å²) < 4.78 is 0. The first-order chi connectivity index (χ1) is 9.56. The van der Waals surface area contributed by atoms with Crippen molar-refractivity contribution in [3.63, 3.8) is 0 Å². The van der Waals surface area contributed by atoms with Crippen LogP contribution in [0.2, 0.25) is 0 Å². The van der Waals surface area contributed by atoms with Crippen molar-refractivity contribution < 1.29 is 9.72 Å². The smallest absolute Gasteiger partial charge is 0.273 e. The zero-order valence-electron chi connectivity index (χ0n) is 12.1. The number of benzene rings is 1.